The summed E-state index contributed by atoms with van der Waals surface area (Å²) >= 11 is 7.95. The third-order valence-corrected chi connectivity index (χ3v) is 4.26. The molecule has 0 saturated carbocycles. The van der Waals surface area contributed by atoms with Crippen molar-refractivity contribution in [3.63, 3.8) is 0 Å². The maximum absolute atomic E-state index is 12.0. The zero-order valence-corrected chi connectivity index (χ0v) is 12.3. The molecule has 0 aliphatic heterocycles. The highest BCUT2D eigenvalue weighted by molar-refractivity contribution is 14.1. The Kier molecular flexibility index (Phi) is 5.55. The van der Waals surface area contributed by atoms with Crippen LogP contribution in [0.1, 0.15) is 29.3 Å². The third-order valence-electron chi connectivity index (χ3n) is 2.45. The minimum absolute atomic E-state index is 0.0411. The van der Waals surface area contributed by atoms with Crippen LogP contribution in [0.15, 0.2) is 18.2 Å². The lowest BCUT2D eigenvalue weighted by Crippen LogP contribution is -2.36. The first-order valence-electron chi connectivity index (χ1n) is 5.22. The summed E-state index contributed by atoms with van der Waals surface area (Å²) in [6.45, 7) is 4.01. The van der Waals surface area contributed by atoms with E-state index in [1.807, 2.05) is 32.0 Å². The van der Waals surface area contributed by atoms with Crippen LogP contribution in [-0.4, -0.2) is 17.8 Å². The molecule has 0 fully saturated rings. The third kappa shape index (κ3) is 3.35. The number of rotatable bonds is 4. The minimum Gasteiger partial charge on any atom is -0.348 e. The van der Waals surface area contributed by atoms with E-state index in [1.54, 1.807) is 0 Å². The van der Waals surface area contributed by atoms with Crippen molar-refractivity contribution in [2.24, 2.45) is 0 Å². The number of amides is 1. The second-order valence-electron chi connectivity index (χ2n) is 3.67. The van der Waals surface area contributed by atoms with Gasteiger partial charge in [0.1, 0.15) is 0 Å². The summed E-state index contributed by atoms with van der Waals surface area (Å²) in [5.74, 6) is 0.408. The molecular weight excluding hydrogens is 336 g/mol. The molecular formula is C12H15ClINO. The highest BCUT2D eigenvalue weighted by Gasteiger charge is 2.14. The number of hydrogen-bond acceptors (Lipinski definition) is 1. The molecule has 1 aromatic rings. The van der Waals surface area contributed by atoms with Gasteiger partial charge in [0.15, 0.2) is 0 Å². The molecule has 4 heteroatoms. The van der Waals surface area contributed by atoms with Crippen LogP contribution in [-0.2, 0) is 0 Å². The molecule has 0 aromatic heterocycles. The van der Waals surface area contributed by atoms with E-state index in [1.165, 1.54) is 0 Å². The van der Waals surface area contributed by atoms with Gasteiger partial charge in [0.25, 0.3) is 5.91 Å². The summed E-state index contributed by atoms with van der Waals surface area (Å²) in [4.78, 5) is 12.0. The van der Waals surface area contributed by atoms with Crippen LogP contribution in [0.2, 0.25) is 0 Å². The van der Waals surface area contributed by atoms with Crippen LogP contribution in [0.25, 0.3) is 0 Å². The molecule has 0 aliphatic rings. The van der Waals surface area contributed by atoms with Crippen molar-refractivity contribution in [2.75, 3.05) is 5.88 Å². The summed E-state index contributed by atoms with van der Waals surface area (Å²) in [5.41, 5.74) is 1.84. The van der Waals surface area contributed by atoms with Crippen molar-refractivity contribution in [3.05, 3.63) is 32.9 Å². The summed E-state index contributed by atoms with van der Waals surface area (Å²) in [5, 5.41) is 2.93. The van der Waals surface area contributed by atoms with Crippen LogP contribution in [0.4, 0.5) is 0 Å². The van der Waals surface area contributed by atoms with Gasteiger partial charge in [-0.1, -0.05) is 19.1 Å². The van der Waals surface area contributed by atoms with Gasteiger partial charge in [0, 0.05) is 15.5 Å². The highest BCUT2D eigenvalue weighted by atomic mass is 127. The fraction of sp³-hybridized carbons (Fsp3) is 0.417. The number of carbonyl (C=O) groups excluding carboxylic acids is 1. The molecule has 88 valence electrons. The Morgan fingerprint density at radius 2 is 2.25 bits per heavy atom. The lowest BCUT2D eigenvalue weighted by atomic mass is 10.1. The molecule has 0 saturated heterocycles. The van der Waals surface area contributed by atoms with E-state index in [9.17, 15) is 4.79 Å². The smallest absolute Gasteiger partial charge is 0.252 e. The monoisotopic (exact) mass is 351 g/mol. The Labute approximate surface area is 115 Å². The molecule has 1 aromatic carbocycles. The maximum atomic E-state index is 12.0. The van der Waals surface area contributed by atoms with Gasteiger partial charge in [-0.2, -0.15) is 0 Å². The fourth-order valence-electron chi connectivity index (χ4n) is 1.34. The van der Waals surface area contributed by atoms with Crippen molar-refractivity contribution in [3.8, 4) is 0 Å². The lowest BCUT2D eigenvalue weighted by Gasteiger charge is -2.15. The standard InChI is InChI=1S/C12H15ClINO/c1-3-9(7-13)15-12(16)10-6-4-5-8(2)11(10)14/h4-6,9H,3,7H2,1-2H3,(H,15,16). The quantitative estimate of drug-likeness (QED) is 0.654. The largest absolute Gasteiger partial charge is 0.348 e. The number of halogens is 2. The molecule has 1 N–H and O–H groups in total. The van der Waals surface area contributed by atoms with Gasteiger partial charge in [-0.05, 0) is 47.6 Å². The normalized spacial score (nSPS) is 12.2. The van der Waals surface area contributed by atoms with Crippen molar-refractivity contribution in [2.45, 2.75) is 26.3 Å². The number of hydrogen-bond donors (Lipinski definition) is 1. The van der Waals surface area contributed by atoms with E-state index in [2.05, 4.69) is 27.9 Å². The highest BCUT2D eigenvalue weighted by Crippen LogP contribution is 2.16. The lowest BCUT2D eigenvalue weighted by molar-refractivity contribution is 0.0939. The van der Waals surface area contributed by atoms with E-state index in [0.29, 0.717) is 5.88 Å². The summed E-state index contributed by atoms with van der Waals surface area (Å²) in [6, 6.07) is 5.78. The molecule has 16 heavy (non-hydrogen) atoms. The zero-order valence-electron chi connectivity index (χ0n) is 9.39. The number of nitrogens with one attached hydrogen (secondary N) is 1. The predicted octanol–water partition coefficient (Wildman–Crippen LogP) is 3.35. The molecule has 0 bridgehead atoms. The van der Waals surface area contributed by atoms with Crippen LogP contribution < -0.4 is 5.32 Å². The fourth-order valence-corrected chi connectivity index (χ4v) is 2.24. The second kappa shape index (κ2) is 6.45. The zero-order chi connectivity index (χ0) is 12.1. The Bertz CT molecular complexity index is 377. The second-order valence-corrected chi connectivity index (χ2v) is 5.06. The van der Waals surface area contributed by atoms with E-state index in [4.69, 9.17) is 11.6 Å². The number of benzene rings is 1. The Hall–Kier alpha value is -0.290. The van der Waals surface area contributed by atoms with E-state index < -0.39 is 0 Å². The number of aryl methyl sites for hydroxylation is 1. The maximum Gasteiger partial charge on any atom is 0.252 e. The van der Waals surface area contributed by atoms with Crippen LogP contribution in [0.5, 0.6) is 0 Å². The van der Waals surface area contributed by atoms with Gasteiger partial charge in [-0.15, -0.1) is 11.6 Å². The molecule has 0 spiro atoms. The van der Waals surface area contributed by atoms with Gasteiger partial charge in [0.2, 0.25) is 0 Å². The summed E-state index contributed by atoms with van der Waals surface area (Å²) in [7, 11) is 0. The minimum atomic E-state index is -0.0411. The van der Waals surface area contributed by atoms with Gasteiger partial charge in [-0.25, -0.2) is 0 Å². The molecule has 0 heterocycles. The van der Waals surface area contributed by atoms with E-state index >= 15 is 0 Å². The predicted molar refractivity (Wildman–Crippen MR) is 76.2 cm³/mol. The first-order chi connectivity index (χ1) is 7.60. The average molecular weight is 352 g/mol. The molecule has 1 rings (SSSR count). The van der Waals surface area contributed by atoms with Gasteiger partial charge in [0.05, 0.1) is 5.56 Å². The molecule has 1 amide bonds. The summed E-state index contributed by atoms with van der Waals surface area (Å²) < 4.78 is 1.00. The Morgan fingerprint density at radius 3 is 2.81 bits per heavy atom. The van der Waals surface area contributed by atoms with Crippen LogP contribution in [0, 0.1) is 10.5 Å². The van der Waals surface area contributed by atoms with E-state index in [0.717, 1.165) is 21.1 Å². The number of alkyl halides is 1. The van der Waals surface area contributed by atoms with Gasteiger partial charge < -0.3 is 5.32 Å². The molecule has 2 nitrogen and oxygen atoms in total. The SMILES string of the molecule is CCC(CCl)NC(=O)c1cccc(C)c1I. The Morgan fingerprint density at radius 1 is 1.56 bits per heavy atom. The first kappa shape index (κ1) is 13.8. The summed E-state index contributed by atoms with van der Waals surface area (Å²) in [6.07, 6.45) is 0.845. The van der Waals surface area contributed by atoms with Crippen molar-refractivity contribution < 1.29 is 4.79 Å². The molecule has 1 unspecified atom stereocenters. The van der Waals surface area contributed by atoms with Crippen molar-refractivity contribution >= 4 is 40.1 Å². The van der Waals surface area contributed by atoms with Gasteiger partial charge in [-0.3, -0.25) is 4.79 Å². The number of carbonyl (C=O) groups is 1. The first-order valence-corrected chi connectivity index (χ1v) is 6.83. The molecule has 0 aliphatic carbocycles. The van der Waals surface area contributed by atoms with Crippen molar-refractivity contribution in [1.82, 2.24) is 5.32 Å². The van der Waals surface area contributed by atoms with Crippen LogP contribution >= 0.6 is 34.2 Å². The van der Waals surface area contributed by atoms with Gasteiger partial charge >= 0.3 is 0 Å². The van der Waals surface area contributed by atoms with Crippen molar-refractivity contribution in [1.29, 1.82) is 0 Å². The topological polar surface area (TPSA) is 29.1 Å². The van der Waals surface area contributed by atoms with E-state index in [-0.39, 0.29) is 11.9 Å². The average Bonchev–Trinajstić information content (AvgIpc) is 2.29. The molecule has 1 atom stereocenters. The molecule has 0 radical (unpaired) electrons. The Balaban J connectivity index is 2.84. The van der Waals surface area contributed by atoms with Crippen LogP contribution in [0.3, 0.4) is 0 Å².